The maximum Gasteiger partial charge on any atom is 0.411 e. The molecule has 1 unspecified atom stereocenters. The van der Waals surface area contributed by atoms with Crippen LogP contribution in [-0.2, 0) is 29.7 Å². The lowest BCUT2D eigenvalue weighted by molar-refractivity contribution is -0.176. The fourth-order valence-corrected chi connectivity index (χ4v) is 3.34. The summed E-state index contributed by atoms with van der Waals surface area (Å²) >= 11 is 0. The minimum absolute atomic E-state index is 0. The van der Waals surface area contributed by atoms with Crippen LogP contribution in [0.1, 0.15) is 29.7 Å². The van der Waals surface area contributed by atoms with Crippen molar-refractivity contribution in [2.24, 2.45) is 12.0 Å². The van der Waals surface area contributed by atoms with Gasteiger partial charge in [-0.25, -0.2) is 4.99 Å². The number of aliphatic imine (C=N–C) groups is 1. The molecule has 2 aromatic rings. The van der Waals surface area contributed by atoms with Crippen molar-refractivity contribution in [2.45, 2.75) is 32.4 Å². The van der Waals surface area contributed by atoms with Gasteiger partial charge in [-0.2, -0.15) is 18.3 Å². The number of aryl methyl sites for hydroxylation is 1. The Kier molecular flexibility index (Phi) is 10.2. The van der Waals surface area contributed by atoms with Gasteiger partial charge in [-0.05, 0) is 18.1 Å². The molecule has 178 valence electrons. The lowest BCUT2D eigenvalue weighted by atomic mass is 10.1. The minimum Gasteiger partial charge on any atom is -0.370 e. The van der Waals surface area contributed by atoms with Crippen LogP contribution in [0.4, 0.5) is 13.2 Å². The van der Waals surface area contributed by atoms with E-state index in [4.69, 9.17) is 14.5 Å². The molecule has 1 aromatic heterocycles. The Balaban J connectivity index is 0.00000363. The molecule has 0 radical (unpaired) electrons. The molecule has 3 rings (SSSR count). The molecular weight excluding hydrogens is 538 g/mol. The van der Waals surface area contributed by atoms with Crippen molar-refractivity contribution in [1.29, 1.82) is 0 Å². The van der Waals surface area contributed by atoms with Crippen LogP contribution >= 0.6 is 24.0 Å². The van der Waals surface area contributed by atoms with Crippen molar-refractivity contribution in [1.82, 2.24) is 20.0 Å². The van der Waals surface area contributed by atoms with Gasteiger partial charge in [-0.1, -0.05) is 24.3 Å². The standard InChI is InChI=1S/C21H28F3N5O2.HI/c1-3-25-20(29-7-8-31-19(13-29)18-11-27-28(2)12-18)26-10-16-5-4-6-17(9-16)14-30-15-21(22,23)24;/h4-6,9,11-12,19H,3,7-8,10,13-15H2,1-2H3,(H,25,26);1H. The summed E-state index contributed by atoms with van der Waals surface area (Å²) in [4.78, 5) is 6.89. The van der Waals surface area contributed by atoms with Crippen LogP contribution in [0.2, 0.25) is 0 Å². The second kappa shape index (κ2) is 12.4. The molecule has 2 heterocycles. The maximum absolute atomic E-state index is 12.3. The van der Waals surface area contributed by atoms with Crippen molar-refractivity contribution in [3.63, 3.8) is 0 Å². The quantitative estimate of drug-likeness (QED) is 0.315. The van der Waals surface area contributed by atoms with Crippen molar-refractivity contribution < 1.29 is 22.6 Å². The molecular formula is C21H29F3IN5O2. The lowest BCUT2D eigenvalue weighted by Crippen LogP contribution is -2.48. The number of halogens is 4. The maximum atomic E-state index is 12.3. The van der Waals surface area contributed by atoms with Gasteiger partial charge in [0.25, 0.3) is 0 Å². The van der Waals surface area contributed by atoms with Gasteiger partial charge in [0.15, 0.2) is 5.96 Å². The minimum atomic E-state index is -4.32. The van der Waals surface area contributed by atoms with Crippen LogP contribution < -0.4 is 5.32 Å². The summed E-state index contributed by atoms with van der Waals surface area (Å²) in [6.07, 6.45) is -0.649. The van der Waals surface area contributed by atoms with E-state index in [9.17, 15) is 13.2 Å². The topological polar surface area (TPSA) is 63.9 Å². The molecule has 7 nitrogen and oxygen atoms in total. The number of hydrogen-bond acceptors (Lipinski definition) is 4. The van der Waals surface area contributed by atoms with Gasteiger partial charge in [-0.3, -0.25) is 4.68 Å². The number of nitrogens with one attached hydrogen (secondary N) is 1. The summed E-state index contributed by atoms with van der Waals surface area (Å²) in [5.74, 6) is 0.776. The van der Waals surface area contributed by atoms with Gasteiger partial charge in [0.1, 0.15) is 12.7 Å². The predicted molar refractivity (Wildman–Crippen MR) is 126 cm³/mol. The highest BCUT2D eigenvalue weighted by molar-refractivity contribution is 14.0. The number of alkyl halides is 3. The molecule has 0 saturated carbocycles. The van der Waals surface area contributed by atoms with E-state index in [1.807, 2.05) is 38.5 Å². The third-order valence-corrected chi connectivity index (χ3v) is 4.73. The molecule has 0 spiro atoms. The zero-order chi connectivity index (χ0) is 22.3. The summed E-state index contributed by atoms with van der Waals surface area (Å²) < 4.78 is 49.2. The number of rotatable bonds is 7. The fourth-order valence-electron chi connectivity index (χ4n) is 3.34. The van der Waals surface area contributed by atoms with E-state index in [2.05, 4.69) is 15.3 Å². The first kappa shape index (κ1) is 26.4. The van der Waals surface area contributed by atoms with Gasteiger partial charge in [0.2, 0.25) is 0 Å². The first-order chi connectivity index (χ1) is 14.8. The highest BCUT2D eigenvalue weighted by Gasteiger charge is 2.27. The largest absolute Gasteiger partial charge is 0.411 e. The predicted octanol–water partition coefficient (Wildman–Crippen LogP) is 3.66. The van der Waals surface area contributed by atoms with E-state index >= 15 is 0 Å². The highest BCUT2D eigenvalue weighted by atomic mass is 127. The highest BCUT2D eigenvalue weighted by Crippen LogP contribution is 2.22. The molecule has 1 aliphatic heterocycles. The normalized spacial score (nSPS) is 17.2. The molecule has 0 aliphatic carbocycles. The number of morpholine rings is 1. The molecule has 1 atom stereocenters. The van der Waals surface area contributed by atoms with Gasteiger partial charge in [-0.15, -0.1) is 24.0 Å². The van der Waals surface area contributed by atoms with Crippen molar-refractivity contribution >= 4 is 29.9 Å². The van der Waals surface area contributed by atoms with Crippen molar-refractivity contribution in [2.75, 3.05) is 32.8 Å². The van der Waals surface area contributed by atoms with E-state index in [1.165, 1.54) is 0 Å². The Bertz CT molecular complexity index is 875. The Morgan fingerprint density at radius 3 is 2.81 bits per heavy atom. The first-order valence-electron chi connectivity index (χ1n) is 10.2. The Labute approximate surface area is 203 Å². The zero-order valence-corrected chi connectivity index (χ0v) is 20.5. The third kappa shape index (κ3) is 8.24. The molecule has 0 bridgehead atoms. The van der Waals surface area contributed by atoms with Crippen LogP contribution in [0.15, 0.2) is 41.7 Å². The molecule has 32 heavy (non-hydrogen) atoms. The molecule has 1 aromatic carbocycles. The molecule has 11 heteroatoms. The summed E-state index contributed by atoms with van der Waals surface area (Å²) in [6.45, 7) is 3.74. The lowest BCUT2D eigenvalue weighted by Gasteiger charge is -2.34. The van der Waals surface area contributed by atoms with E-state index in [0.717, 1.165) is 23.6 Å². The SMILES string of the molecule is CCNC(=NCc1cccc(COCC(F)(F)F)c1)N1CCOC(c2cnn(C)c2)C1.I. The average Bonchev–Trinajstić information content (AvgIpc) is 3.17. The monoisotopic (exact) mass is 567 g/mol. The number of aromatic nitrogens is 2. The van der Waals surface area contributed by atoms with Crippen molar-refractivity contribution in [3.05, 3.63) is 53.3 Å². The van der Waals surface area contributed by atoms with Gasteiger partial charge >= 0.3 is 6.18 Å². The van der Waals surface area contributed by atoms with Crippen molar-refractivity contribution in [3.8, 4) is 0 Å². The fraction of sp³-hybridized carbons (Fsp3) is 0.524. The number of hydrogen-bond donors (Lipinski definition) is 1. The number of guanidine groups is 1. The Morgan fingerprint density at radius 1 is 1.34 bits per heavy atom. The van der Waals surface area contributed by atoms with Crippen LogP contribution in [0, 0.1) is 0 Å². The molecule has 1 fully saturated rings. The summed E-state index contributed by atoms with van der Waals surface area (Å²) in [5, 5.41) is 7.53. The van der Waals surface area contributed by atoms with E-state index < -0.39 is 12.8 Å². The summed E-state index contributed by atoms with van der Waals surface area (Å²) in [5.41, 5.74) is 2.61. The summed E-state index contributed by atoms with van der Waals surface area (Å²) in [7, 11) is 1.87. The second-order valence-corrected chi connectivity index (χ2v) is 7.35. The van der Waals surface area contributed by atoms with Crippen LogP contribution in [-0.4, -0.2) is 59.7 Å². The molecule has 1 saturated heterocycles. The third-order valence-electron chi connectivity index (χ3n) is 4.73. The number of ether oxygens (including phenoxy) is 2. The van der Waals surface area contributed by atoms with Gasteiger partial charge in [0.05, 0.1) is 32.5 Å². The van der Waals surface area contributed by atoms with E-state index in [0.29, 0.717) is 31.8 Å². The van der Waals surface area contributed by atoms with E-state index in [1.54, 1.807) is 16.8 Å². The van der Waals surface area contributed by atoms with Crippen LogP contribution in [0.5, 0.6) is 0 Å². The van der Waals surface area contributed by atoms with Gasteiger partial charge in [0, 0.05) is 31.9 Å². The smallest absolute Gasteiger partial charge is 0.370 e. The summed E-state index contributed by atoms with van der Waals surface area (Å²) in [6, 6.07) is 7.27. The van der Waals surface area contributed by atoms with Crippen LogP contribution in [0.3, 0.4) is 0 Å². The number of nitrogens with zero attached hydrogens (tertiary/aromatic N) is 4. The van der Waals surface area contributed by atoms with Gasteiger partial charge < -0.3 is 19.7 Å². The average molecular weight is 567 g/mol. The molecule has 1 aliphatic rings. The Morgan fingerprint density at radius 2 is 2.12 bits per heavy atom. The van der Waals surface area contributed by atoms with E-state index in [-0.39, 0.29) is 36.7 Å². The molecule has 1 N–H and O–H groups in total. The molecule has 0 amide bonds. The zero-order valence-electron chi connectivity index (χ0n) is 18.1. The Hall–Kier alpha value is -1.86. The first-order valence-corrected chi connectivity index (χ1v) is 10.2. The number of benzene rings is 1. The van der Waals surface area contributed by atoms with Crippen LogP contribution in [0.25, 0.3) is 0 Å². The second-order valence-electron chi connectivity index (χ2n) is 7.35.